The van der Waals surface area contributed by atoms with Gasteiger partial charge < -0.3 is 4.74 Å². The topological polar surface area (TPSA) is 68.7 Å². The van der Waals surface area contributed by atoms with Gasteiger partial charge in [-0.2, -0.15) is 4.31 Å². The van der Waals surface area contributed by atoms with Crippen LogP contribution >= 0.6 is 15.9 Å². The fourth-order valence-corrected chi connectivity index (χ4v) is 3.31. The van der Waals surface area contributed by atoms with Crippen LogP contribution in [0.5, 0.6) is 0 Å². The van der Waals surface area contributed by atoms with Gasteiger partial charge in [0.25, 0.3) is 11.3 Å². The van der Waals surface area contributed by atoms with Crippen molar-refractivity contribution in [3.05, 3.63) is 28.5 Å². The van der Waals surface area contributed by atoms with E-state index < -0.39 is 28.5 Å². The van der Waals surface area contributed by atoms with Gasteiger partial charge in [0, 0.05) is 0 Å². The standard InChI is InChI=1S/C13H17BrN2O4S/c1-12(2,3)20-11(17)16-13(4,8-19-21(16)18)9-6-5-7-10(14)15-9/h5-7H,8H2,1-4H3. The Hall–Kier alpha value is -0.990. The molecular formula is C13H17BrN2O4S. The highest BCUT2D eigenvalue weighted by Crippen LogP contribution is 2.36. The van der Waals surface area contributed by atoms with Gasteiger partial charge in [-0.05, 0) is 55.8 Å². The summed E-state index contributed by atoms with van der Waals surface area (Å²) in [5.74, 6) is 0. The van der Waals surface area contributed by atoms with Gasteiger partial charge in [0.15, 0.2) is 0 Å². The minimum atomic E-state index is -1.90. The second-order valence-corrected chi connectivity index (χ2v) is 7.72. The number of halogens is 1. The summed E-state index contributed by atoms with van der Waals surface area (Å²) in [5.41, 5.74) is -1.06. The highest BCUT2D eigenvalue weighted by molar-refractivity contribution is 9.10. The molecule has 116 valence electrons. The lowest BCUT2D eigenvalue weighted by atomic mass is 9.98. The zero-order valence-electron chi connectivity index (χ0n) is 12.3. The van der Waals surface area contributed by atoms with Gasteiger partial charge in [0.2, 0.25) is 0 Å². The molecule has 2 unspecified atom stereocenters. The van der Waals surface area contributed by atoms with E-state index in [1.165, 1.54) is 0 Å². The Kier molecular flexibility index (Phi) is 4.41. The number of pyridine rings is 1. The molecule has 2 rings (SSSR count). The smallest absolute Gasteiger partial charge is 0.425 e. The van der Waals surface area contributed by atoms with E-state index in [1.807, 2.05) is 0 Å². The van der Waals surface area contributed by atoms with Crippen LogP contribution in [0.25, 0.3) is 0 Å². The van der Waals surface area contributed by atoms with Crippen molar-refractivity contribution in [3.63, 3.8) is 0 Å². The molecule has 1 saturated heterocycles. The third kappa shape index (κ3) is 3.44. The van der Waals surface area contributed by atoms with Crippen molar-refractivity contribution in [2.24, 2.45) is 0 Å². The Labute approximate surface area is 134 Å². The summed E-state index contributed by atoms with van der Waals surface area (Å²) >= 11 is 1.39. The number of rotatable bonds is 1. The zero-order chi connectivity index (χ0) is 15.8. The van der Waals surface area contributed by atoms with Crippen LogP contribution in [0.2, 0.25) is 0 Å². The molecule has 6 nitrogen and oxygen atoms in total. The molecule has 1 amide bonds. The quantitative estimate of drug-likeness (QED) is 0.704. The van der Waals surface area contributed by atoms with E-state index in [2.05, 4.69) is 20.9 Å². The molecule has 0 N–H and O–H groups in total. The van der Waals surface area contributed by atoms with E-state index in [-0.39, 0.29) is 6.61 Å². The molecule has 0 bridgehead atoms. The largest absolute Gasteiger partial charge is 0.443 e. The van der Waals surface area contributed by atoms with Gasteiger partial charge in [0.1, 0.15) is 15.7 Å². The molecule has 0 aromatic carbocycles. The molecule has 2 heterocycles. The van der Waals surface area contributed by atoms with Crippen LogP contribution in [0.1, 0.15) is 33.4 Å². The SMILES string of the molecule is CC(C)(C)OC(=O)N1S(=O)OCC1(C)c1cccc(Br)n1. The molecule has 0 radical (unpaired) electrons. The summed E-state index contributed by atoms with van der Waals surface area (Å²) in [6.07, 6.45) is -0.692. The average Bonchev–Trinajstić information content (AvgIpc) is 2.64. The lowest BCUT2D eigenvalue weighted by Crippen LogP contribution is -2.47. The maximum atomic E-state index is 12.3. The van der Waals surface area contributed by atoms with Gasteiger partial charge in [-0.15, -0.1) is 0 Å². The van der Waals surface area contributed by atoms with Crippen LogP contribution in [0.4, 0.5) is 4.79 Å². The van der Waals surface area contributed by atoms with Gasteiger partial charge in [-0.3, -0.25) is 4.18 Å². The first-order valence-electron chi connectivity index (χ1n) is 6.35. The molecule has 0 saturated carbocycles. The summed E-state index contributed by atoms with van der Waals surface area (Å²) in [6.45, 7) is 7.08. The number of carbonyl (C=O) groups excluding carboxylic acids is 1. The average molecular weight is 377 g/mol. The second kappa shape index (κ2) is 5.66. The minimum absolute atomic E-state index is 0.0856. The van der Waals surface area contributed by atoms with E-state index in [1.54, 1.807) is 45.9 Å². The number of hydrogen-bond acceptors (Lipinski definition) is 5. The fraction of sp³-hybridized carbons (Fsp3) is 0.538. The Morgan fingerprint density at radius 1 is 1.52 bits per heavy atom. The number of aromatic nitrogens is 1. The van der Waals surface area contributed by atoms with Crippen LogP contribution < -0.4 is 0 Å². The number of ether oxygens (including phenoxy) is 1. The first-order valence-corrected chi connectivity index (χ1v) is 8.17. The van der Waals surface area contributed by atoms with E-state index in [0.717, 1.165) is 4.31 Å². The number of carbonyl (C=O) groups is 1. The third-order valence-corrected chi connectivity index (χ3v) is 4.48. The van der Waals surface area contributed by atoms with Crippen LogP contribution in [-0.4, -0.2) is 31.8 Å². The zero-order valence-corrected chi connectivity index (χ0v) is 14.7. The van der Waals surface area contributed by atoms with Crippen molar-refractivity contribution in [1.82, 2.24) is 9.29 Å². The molecule has 8 heteroatoms. The Balaban J connectivity index is 2.38. The molecule has 0 spiro atoms. The van der Waals surface area contributed by atoms with Crippen LogP contribution in [0.3, 0.4) is 0 Å². The lowest BCUT2D eigenvalue weighted by molar-refractivity contribution is 0.0266. The molecule has 1 aromatic heterocycles. The summed E-state index contributed by atoms with van der Waals surface area (Å²) in [6, 6.07) is 5.33. The number of amides is 1. The molecule has 1 aliphatic heterocycles. The molecule has 21 heavy (non-hydrogen) atoms. The summed E-state index contributed by atoms with van der Waals surface area (Å²) in [7, 11) is 0. The van der Waals surface area contributed by atoms with Crippen molar-refractivity contribution in [3.8, 4) is 0 Å². The van der Waals surface area contributed by atoms with Crippen LogP contribution in [0, 0.1) is 0 Å². The molecular weight excluding hydrogens is 360 g/mol. The normalized spacial score (nSPS) is 26.0. The first kappa shape index (κ1) is 16.4. The van der Waals surface area contributed by atoms with Crippen LogP contribution in [-0.2, 0) is 25.7 Å². The number of nitrogens with zero attached hydrogens (tertiary/aromatic N) is 2. The van der Waals surface area contributed by atoms with Crippen molar-refractivity contribution in [2.45, 2.75) is 38.8 Å². The highest BCUT2D eigenvalue weighted by Gasteiger charge is 2.50. The molecule has 1 aromatic rings. The summed E-state index contributed by atoms with van der Waals surface area (Å²) in [5, 5.41) is 0. The van der Waals surface area contributed by atoms with E-state index in [4.69, 9.17) is 8.92 Å². The Bertz CT molecular complexity index is 590. The van der Waals surface area contributed by atoms with Crippen molar-refractivity contribution in [2.75, 3.05) is 6.61 Å². The van der Waals surface area contributed by atoms with E-state index >= 15 is 0 Å². The van der Waals surface area contributed by atoms with Gasteiger partial charge in [-0.1, -0.05) is 6.07 Å². The predicted octanol–water partition coefficient (Wildman–Crippen LogP) is 2.91. The summed E-state index contributed by atoms with van der Waals surface area (Å²) in [4.78, 5) is 16.7. The lowest BCUT2D eigenvalue weighted by Gasteiger charge is -2.32. The first-order chi connectivity index (χ1) is 9.63. The monoisotopic (exact) mass is 376 g/mol. The fourth-order valence-electron chi connectivity index (χ4n) is 1.89. The molecule has 1 fully saturated rings. The molecule has 1 aliphatic rings. The van der Waals surface area contributed by atoms with Gasteiger partial charge in [-0.25, -0.2) is 14.0 Å². The second-order valence-electron chi connectivity index (χ2n) is 5.87. The van der Waals surface area contributed by atoms with Gasteiger partial charge in [0.05, 0.1) is 12.3 Å². The van der Waals surface area contributed by atoms with Crippen LogP contribution in [0.15, 0.2) is 22.8 Å². The highest BCUT2D eigenvalue weighted by atomic mass is 79.9. The minimum Gasteiger partial charge on any atom is -0.443 e. The van der Waals surface area contributed by atoms with Crippen molar-refractivity contribution in [1.29, 1.82) is 0 Å². The number of hydrogen-bond donors (Lipinski definition) is 0. The van der Waals surface area contributed by atoms with Crippen molar-refractivity contribution < 1.29 is 17.9 Å². The summed E-state index contributed by atoms with van der Waals surface area (Å²) < 4.78 is 24.2. The van der Waals surface area contributed by atoms with Gasteiger partial charge >= 0.3 is 6.09 Å². The Morgan fingerprint density at radius 3 is 2.76 bits per heavy atom. The van der Waals surface area contributed by atoms with E-state index in [0.29, 0.717) is 10.3 Å². The van der Waals surface area contributed by atoms with Crippen molar-refractivity contribution >= 4 is 33.3 Å². The van der Waals surface area contributed by atoms with E-state index in [9.17, 15) is 9.00 Å². The third-order valence-electron chi connectivity index (χ3n) is 2.86. The maximum absolute atomic E-state index is 12.3. The molecule has 0 aliphatic carbocycles. The maximum Gasteiger partial charge on any atom is 0.425 e. The Morgan fingerprint density at radius 2 is 2.19 bits per heavy atom. The molecule has 2 atom stereocenters. The predicted molar refractivity (Wildman–Crippen MR) is 81.5 cm³/mol.